The average molecular weight is 432 g/mol. The highest BCUT2D eigenvalue weighted by Gasteiger charge is 2.12. The molecule has 0 bridgehead atoms. The lowest BCUT2D eigenvalue weighted by molar-refractivity contribution is -0.121. The van der Waals surface area contributed by atoms with E-state index in [1.807, 2.05) is 13.0 Å². The molecule has 2 N–H and O–H groups in total. The lowest BCUT2D eigenvalue weighted by Crippen LogP contribution is -2.26. The first-order valence-electron chi connectivity index (χ1n) is 12.4. The van der Waals surface area contributed by atoms with Crippen LogP contribution in [-0.4, -0.2) is 18.1 Å². The maximum Gasteiger partial charge on any atom is 0.220 e. The zero-order valence-corrected chi connectivity index (χ0v) is 20.1. The third-order valence-electron chi connectivity index (χ3n) is 5.75. The van der Waals surface area contributed by atoms with Gasteiger partial charge in [-0.2, -0.15) is 0 Å². The fourth-order valence-electron chi connectivity index (χ4n) is 3.72. The lowest BCUT2D eigenvalue weighted by Gasteiger charge is -2.15. The number of nitrogens with one attached hydrogen (secondary N) is 1. The molecule has 0 heterocycles. The van der Waals surface area contributed by atoms with Gasteiger partial charge in [0.25, 0.3) is 0 Å². The first-order valence-corrected chi connectivity index (χ1v) is 12.4. The Labute approximate surface area is 190 Å². The van der Waals surface area contributed by atoms with Crippen LogP contribution in [0.1, 0.15) is 115 Å². The van der Waals surface area contributed by atoms with Crippen LogP contribution in [0.25, 0.3) is 0 Å². The van der Waals surface area contributed by atoms with Gasteiger partial charge in [-0.1, -0.05) is 76.5 Å². The van der Waals surface area contributed by atoms with Gasteiger partial charge >= 0.3 is 0 Å². The normalized spacial score (nSPS) is 12.2. The minimum atomic E-state index is -0.106. The van der Waals surface area contributed by atoms with Crippen molar-refractivity contribution in [2.45, 2.75) is 110 Å². The van der Waals surface area contributed by atoms with Crippen molar-refractivity contribution in [1.29, 1.82) is 0 Å². The summed E-state index contributed by atoms with van der Waals surface area (Å²) in [5, 5.41) is 12.7. The Morgan fingerprint density at radius 1 is 0.968 bits per heavy atom. The van der Waals surface area contributed by atoms with Gasteiger partial charge in [0.15, 0.2) is 11.5 Å². The minimum absolute atomic E-state index is 0.0807. The molecule has 4 heteroatoms. The number of carbonyl (C=O) groups excluding carboxylic acids is 1. The van der Waals surface area contributed by atoms with Crippen molar-refractivity contribution in [3.05, 3.63) is 35.9 Å². The molecule has 1 aromatic carbocycles. The number of unbranched alkanes of at least 4 members (excludes halogenated alkanes) is 11. The quantitative estimate of drug-likeness (QED) is 0.186. The van der Waals surface area contributed by atoms with Crippen LogP contribution in [-0.2, 0) is 4.79 Å². The van der Waals surface area contributed by atoms with Crippen LogP contribution in [0.4, 0.5) is 0 Å². The highest BCUT2D eigenvalue weighted by molar-refractivity contribution is 5.76. The van der Waals surface area contributed by atoms with Gasteiger partial charge in [-0.15, -0.1) is 0 Å². The molecule has 0 spiro atoms. The summed E-state index contributed by atoms with van der Waals surface area (Å²) in [5.74, 6) is 0.617. The summed E-state index contributed by atoms with van der Waals surface area (Å²) in [5.41, 5.74) is 0.924. The second-order valence-corrected chi connectivity index (χ2v) is 8.55. The standard InChI is InChI=1S/C27H45NO3/c1-4-5-6-7-8-9-10-11-12-13-14-15-16-17-18-19-27(30)28-23(2)24-20-21-25(29)26(22-24)31-3/h11-12,20-23,29H,4-10,13-19H2,1-3H3,(H,28,30)/b12-11+. The van der Waals surface area contributed by atoms with E-state index in [4.69, 9.17) is 4.74 Å². The van der Waals surface area contributed by atoms with Crippen LogP contribution in [0.2, 0.25) is 0 Å². The smallest absolute Gasteiger partial charge is 0.220 e. The Kier molecular flexibility index (Phi) is 15.4. The maximum absolute atomic E-state index is 12.2. The zero-order valence-electron chi connectivity index (χ0n) is 20.1. The molecular weight excluding hydrogens is 386 g/mol. The summed E-state index contributed by atoms with van der Waals surface area (Å²) in [6, 6.07) is 5.07. The number of allylic oxidation sites excluding steroid dienone is 2. The number of rotatable bonds is 18. The number of carbonyl (C=O) groups is 1. The van der Waals surface area contributed by atoms with Gasteiger partial charge in [0, 0.05) is 6.42 Å². The Morgan fingerprint density at radius 2 is 1.55 bits per heavy atom. The van der Waals surface area contributed by atoms with Gasteiger partial charge in [0.05, 0.1) is 13.2 Å². The van der Waals surface area contributed by atoms with Gasteiger partial charge < -0.3 is 15.2 Å². The van der Waals surface area contributed by atoms with E-state index in [0.717, 1.165) is 18.4 Å². The van der Waals surface area contributed by atoms with Crippen molar-refractivity contribution >= 4 is 5.91 Å². The van der Waals surface area contributed by atoms with Gasteiger partial charge in [0.1, 0.15) is 0 Å². The van der Waals surface area contributed by atoms with Crippen LogP contribution in [0.15, 0.2) is 30.4 Å². The molecule has 0 radical (unpaired) electrons. The first kappa shape index (κ1) is 27.1. The van der Waals surface area contributed by atoms with Crippen LogP contribution in [0.5, 0.6) is 11.5 Å². The van der Waals surface area contributed by atoms with E-state index in [1.165, 1.54) is 77.7 Å². The number of methoxy groups -OCH3 is 1. The molecule has 0 aliphatic carbocycles. The monoisotopic (exact) mass is 431 g/mol. The van der Waals surface area contributed by atoms with Crippen molar-refractivity contribution < 1.29 is 14.6 Å². The van der Waals surface area contributed by atoms with E-state index >= 15 is 0 Å². The maximum atomic E-state index is 12.2. The van der Waals surface area contributed by atoms with E-state index < -0.39 is 0 Å². The number of ether oxygens (including phenoxy) is 1. The predicted octanol–water partition coefficient (Wildman–Crippen LogP) is 7.62. The van der Waals surface area contributed by atoms with Gasteiger partial charge in [-0.25, -0.2) is 0 Å². The molecule has 0 aliphatic rings. The third-order valence-corrected chi connectivity index (χ3v) is 5.75. The Morgan fingerprint density at radius 3 is 2.16 bits per heavy atom. The predicted molar refractivity (Wildman–Crippen MR) is 131 cm³/mol. The molecule has 1 rings (SSSR count). The van der Waals surface area contributed by atoms with Crippen molar-refractivity contribution in [1.82, 2.24) is 5.32 Å². The van der Waals surface area contributed by atoms with Gasteiger partial charge in [-0.05, 0) is 56.7 Å². The molecule has 0 aromatic heterocycles. The third kappa shape index (κ3) is 13.1. The molecular formula is C27H45NO3. The molecule has 0 fully saturated rings. The summed E-state index contributed by atoms with van der Waals surface area (Å²) in [7, 11) is 1.52. The summed E-state index contributed by atoms with van der Waals surface area (Å²) < 4.78 is 5.13. The number of benzene rings is 1. The van der Waals surface area contributed by atoms with Crippen LogP contribution < -0.4 is 10.1 Å². The molecule has 1 aromatic rings. The zero-order chi connectivity index (χ0) is 22.7. The van der Waals surface area contributed by atoms with E-state index in [1.54, 1.807) is 12.1 Å². The Bertz CT molecular complexity index is 627. The SMILES string of the molecule is CCCCCCCC/C=C/CCCCCCCC(=O)NC(C)c1ccc(O)c(OC)c1. The van der Waals surface area contributed by atoms with E-state index in [9.17, 15) is 9.90 Å². The summed E-state index contributed by atoms with van der Waals surface area (Å²) in [6.07, 6.45) is 21.6. The van der Waals surface area contributed by atoms with Gasteiger partial charge in [-0.3, -0.25) is 4.79 Å². The number of phenols is 1. The fourth-order valence-corrected chi connectivity index (χ4v) is 3.72. The van der Waals surface area contributed by atoms with Crippen molar-refractivity contribution in [3.63, 3.8) is 0 Å². The molecule has 0 aliphatic heterocycles. The number of amides is 1. The number of aromatic hydroxyl groups is 1. The highest BCUT2D eigenvalue weighted by atomic mass is 16.5. The lowest BCUT2D eigenvalue weighted by atomic mass is 10.1. The van der Waals surface area contributed by atoms with E-state index in [2.05, 4.69) is 24.4 Å². The number of hydrogen-bond donors (Lipinski definition) is 2. The largest absolute Gasteiger partial charge is 0.504 e. The molecule has 1 amide bonds. The molecule has 1 atom stereocenters. The molecule has 0 saturated heterocycles. The molecule has 31 heavy (non-hydrogen) atoms. The van der Waals surface area contributed by atoms with Gasteiger partial charge in [0.2, 0.25) is 5.91 Å². The molecule has 0 saturated carbocycles. The summed E-state index contributed by atoms with van der Waals surface area (Å²) in [4.78, 5) is 12.2. The first-order chi connectivity index (χ1) is 15.1. The Balaban J connectivity index is 2.00. The minimum Gasteiger partial charge on any atom is -0.504 e. The second kappa shape index (κ2) is 17.7. The molecule has 176 valence electrons. The van der Waals surface area contributed by atoms with Crippen molar-refractivity contribution in [3.8, 4) is 11.5 Å². The summed E-state index contributed by atoms with van der Waals surface area (Å²) in [6.45, 7) is 4.21. The fraction of sp³-hybridized carbons (Fsp3) is 0.667. The molecule has 1 unspecified atom stereocenters. The second-order valence-electron chi connectivity index (χ2n) is 8.55. The van der Waals surface area contributed by atoms with Crippen LogP contribution in [0.3, 0.4) is 0 Å². The number of phenolic OH excluding ortho intramolecular Hbond substituents is 1. The van der Waals surface area contributed by atoms with Crippen molar-refractivity contribution in [2.24, 2.45) is 0 Å². The summed E-state index contributed by atoms with van der Waals surface area (Å²) >= 11 is 0. The van der Waals surface area contributed by atoms with E-state index in [-0.39, 0.29) is 17.7 Å². The van der Waals surface area contributed by atoms with E-state index in [0.29, 0.717) is 12.2 Å². The van der Waals surface area contributed by atoms with Crippen LogP contribution in [0, 0.1) is 0 Å². The topological polar surface area (TPSA) is 58.6 Å². The average Bonchev–Trinajstić information content (AvgIpc) is 2.76. The van der Waals surface area contributed by atoms with Crippen LogP contribution >= 0.6 is 0 Å². The highest BCUT2D eigenvalue weighted by Crippen LogP contribution is 2.28. The Hall–Kier alpha value is -1.97. The van der Waals surface area contributed by atoms with Crippen molar-refractivity contribution in [2.75, 3.05) is 7.11 Å². The molecule has 4 nitrogen and oxygen atoms in total. The number of hydrogen-bond acceptors (Lipinski definition) is 3.